The van der Waals surface area contributed by atoms with Crippen LogP contribution in [0.1, 0.15) is 62.5 Å². The highest BCUT2D eigenvalue weighted by Crippen LogP contribution is 2.55. The molecule has 4 bridgehead atoms. The van der Waals surface area contributed by atoms with E-state index in [2.05, 4.69) is 5.32 Å². The number of amides is 1. The van der Waals surface area contributed by atoms with Gasteiger partial charge < -0.3 is 5.32 Å². The van der Waals surface area contributed by atoms with Crippen molar-refractivity contribution in [1.29, 1.82) is 0 Å². The molecule has 1 aromatic carbocycles. The van der Waals surface area contributed by atoms with Crippen molar-refractivity contribution in [3.63, 3.8) is 0 Å². The molecule has 160 valence electrons. The lowest BCUT2D eigenvalue weighted by atomic mass is 9.53. The molecule has 4 aliphatic rings. The molecule has 1 amide bonds. The van der Waals surface area contributed by atoms with E-state index in [1.807, 2.05) is 32.0 Å². The Morgan fingerprint density at radius 1 is 1.07 bits per heavy atom. The van der Waals surface area contributed by atoms with Crippen molar-refractivity contribution < 1.29 is 13.2 Å². The molecule has 0 unspecified atom stereocenters. The van der Waals surface area contributed by atoms with Crippen LogP contribution < -0.4 is 9.62 Å². The van der Waals surface area contributed by atoms with Crippen LogP contribution in [0.25, 0.3) is 0 Å². The Kier molecular flexibility index (Phi) is 5.43. The Balaban J connectivity index is 1.35. The van der Waals surface area contributed by atoms with E-state index in [1.165, 1.54) is 29.8 Å². The van der Waals surface area contributed by atoms with Gasteiger partial charge in [0.2, 0.25) is 15.9 Å². The Morgan fingerprint density at radius 3 is 2.17 bits per heavy atom. The summed E-state index contributed by atoms with van der Waals surface area (Å²) in [6, 6.07) is 5.70. The lowest BCUT2D eigenvalue weighted by Gasteiger charge is -2.56. The van der Waals surface area contributed by atoms with Crippen molar-refractivity contribution in [3.8, 4) is 0 Å². The monoisotopic (exact) mass is 418 g/mol. The minimum Gasteiger partial charge on any atom is -0.351 e. The van der Waals surface area contributed by atoms with E-state index in [0.717, 1.165) is 48.1 Å². The first-order valence-electron chi connectivity index (χ1n) is 11.0. The van der Waals surface area contributed by atoms with Crippen LogP contribution in [0.3, 0.4) is 0 Å². The second-order valence-corrected chi connectivity index (χ2v) is 11.9. The number of hydrogen-bond acceptors (Lipinski definition) is 3. The molecule has 0 spiro atoms. The minimum atomic E-state index is -3.39. The van der Waals surface area contributed by atoms with Crippen LogP contribution in [0.15, 0.2) is 18.2 Å². The molecule has 4 fully saturated rings. The zero-order chi connectivity index (χ0) is 20.8. The minimum absolute atomic E-state index is 0.0242. The molecule has 4 aliphatic carbocycles. The highest BCUT2D eigenvalue weighted by atomic mass is 32.2. The third-order valence-electron chi connectivity index (χ3n) is 7.39. The van der Waals surface area contributed by atoms with Gasteiger partial charge in [-0.25, -0.2) is 8.42 Å². The van der Waals surface area contributed by atoms with E-state index in [0.29, 0.717) is 25.1 Å². The normalized spacial score (nSPS) is 30.4. The van der Waals surface area contributed by atoms with Crippen LogP contribution in [-0.4, -0.2) is 32.7 Å². The van der Waals surface area contributed by atoms with Crippen LogP contribution in [0, 0.1) is 31.6 Å². The number of nitrogens with one attached hydrogen (secondary N) is 1. The first-order valence-corrected chi connectivity index (χ1v) is 12.8. The number of rotatable bonds is 7. The molecule has 4 saturated carbocycles. The number of hydrogen-bond donors (Lipinski definition) is 1. The maximum absolute atomic E-state index is 12.7. The number of nitrogens with zero attached hydrogens (tertiary/aromatic N) is 1. The van der Waals surface area contributed by atoms with Crippen molar-refractivity contribution in [3.05, 3.63) is 29.3 Å². The van der Waals surface area contributed by atoms with E-state index in [9.17, 15) is 13.2 Å². The van der Waals surface area contributed by atoms with Gasteiger partial charge in [0, 0.05) is 18.5 Å². The molecule has 0 heterocycles. The van der Waals surface area contributed by atoms with Crippen LogP contribution >= 0.6 is 0 Å². The van der Waals surface area contributed by atoms with Crippen molar-refractivity contribution in [2.24, 2.45) is 17.8 Å². The Morgan fingerprint density at radius 2 is 1.66 bits per heavy atom. The van der Waals surface area contributed by atoms with Gasteiger partial charge in [-0.3, -0.25) is 9.10 Å². The number of carbonyl (C=O) groups is 1. The quantitative estimate of drug-likeness (QED) is 0.729. The fourth-order valence-electron chi connectivity index (χ4n) is 6.37. The third kappa shape index (κ3) is 4.47. The summed E-state index contributed by atoms with van der Waals surface area (Å²) in [5, 5.41) is 3.39. The predicted octanol–water partition coefficient (Wildman–Crippen LogP) is 3.93. The molecular weight excluding hydrogens is 384 g/mol. The summed E-state index contributed by atoms with van der Waals surface area (Å²) in [6.45, 7) is 4.33. The summed E-state index contributed by atoms with van der Waals surface area (Å²) in [7, 11) is -3.39. The Bertz CT molecular complexity index is 858. The molecule has 6 heteroatoms. The highest BCUT2D eigenvalue weighted by molar-refractivity contribution is 7.92. The van der Waals surface area contributed by atoms with Gasteiger partial charge in [-0.15, -0.1) is 0 Å². The number of benzene rings is 1. The fourth-order valence-corrected chi connectivity index (χ4v) is 7.33. The number of carbonyl (C=O) groups excluding carboxylic acids is 1. The predicted molar refractivity (Wildman–Crippen MR) is 116 cm³/mol. The van der Waals surface area contributed by atoms with Gasteiger partial charge >= 0.3 is 0 Å². The summed E-state index contributed by atoms with van der Waals surface area (Å²) in [5.74, 6) is 2.48. The van der Waals surface area contributed by atoms with E-state index in [-0.39, 0.29) is 11.4 Å². The topological polar surface area (TPSA) is 66.5 Å². The zero-order valence-electron chi connectivity index (χ0n) is 17.9. The SMILES string of the molecule is Cc1ccc(N(CCCC(=O)NC23CC4CC(CC(C4)C2)C3)S(C)(=O)=O)cc1C. The summed E-state index contributed by atoms with van der Waals surface area (Å²) >= 11 is 0. The number of aryl methyl sites for hydroxylation is 2. The lowest BCUT2D eigenvalue weighted by Crippen LogP contribution is -2.59. The van der Waals surface area contributed by atoms with E-state index in [1.54, 1.807) is 0 Å². The molecule has 1 aromatic rings. The second-order valence-electron chi connectivity index (χ2n) is 9.95. The van der Waals surface area contributed by atoms with Crippen LogP contribution in [0.5, 0.6) is 0 Å². The molecule has 5 rings (SSSR count). The number of sulfonamides is 1. The Hall–Kier alpha value is -1.56. The van der Waals surface area contributed by atoms with Gasteiger partial charge in [-0.2, -0.15) is 0 Å². The summed E-state index contributed by atoms with van der Waals surface area (Å²) in [6.07, 6.45) is 9.63. The van der Waals surface area contributed by atoms with Crippen LogP contribution in [0.4, 0.5) is 5.69 Å². The van der Waals surface area contributed by atoms with Gasteiger partial charge in [0.05, 0.1) is 11.9 Å². The molecule has 0 radical (unpaired) electrons. The average Bonchev–Trinajstić information content (AvgIpc) is 2.58. The maximum Gasteiger partial charge on any atom is 0.232 e. The van der Waals surface area contributed by atoms with E-state index >= 15 is 0 Å². The van der Waals surface area contributed by atoms with E-state index < -0.39 is 10.0 Å². The van der Waals surface area contributed by atoms with Crippen molar-refractivity contribution in [2.45, 2.75) is 70.8 Å². The number of anilines is 1. The van der Waals surface area contributed by atoms with Gasteiger partial charge in [-0.1, -0.05) is 6.07 Å². The summed E-state index contributed by atoms with van der Waals surface area (Å²) < 4.78 is 26.1. The molecular formula is C23H34N2O3S. The molecule has 0 aromatic heterocycles. The maximum atomic E-state index is 12.7. The van der Waals surface area contributed by atoms with Crippen molar-refractivity contribution in [2.75, 3.05) is 17.1 Å². The molecule has 29 heavy (non-hydrogen) atoms. The van der Waals surface area contributed by atoms with Crippen molar-refractivity contribution >= 4 is 21.6 Å². The lowest BCUT2D eigenvalue weighted by molar-refractivity contribution is -0.126. The smallest absolute Gasteiger partial charge is 0.232 e. The largest absolute Gasteiger partial charge is 0.351 e. The molecule has 1 N–H and O–H groups in total. The van der Waals surface area contributed by atoms with Crippen LogP contribution in [-0.2, 0) is 14.8 Å². The third-order valence-corrected chi connectivity index (χ3v) is 8.58. The summed E-state index contributed by atoms with van der Waals surface area (Å²) in [4.78, 5) is 12.7. The second kappa shape index (κ2) is 7.60. The average molecular weight is 419 g/mol. The summed E-state index contributed by atoms with van der Waals surface area (Å²) in [5.41, 5.74) is 2.90. The van der Waals surface area contributed by atoms with Gasteiger partial charge in [0.25, 0.3) is 0 Å². The molecule has 0 aliphatic heterocycles. The van der Waals surface area contributed by atoms with Crippen molar-refractivity contribution in [1.82, 2.24) is 5.32 Å². The first-order chi connectivity index (χ1) is 13.6. The van der Waals surface area contributed by atoms with E-state index in [4.69, 9.17) is 0 Å². The van der Waals surface area contributed by atoms with Crippen LogP contribution in [0.2, 0.25) is 0 Å². The molecule has 0 atom stereocenters. The molecule has 0 saturated heterocycles. The standard InChI is InChI=1S/C23H34N2O3S/c1-16-6-7-21(9-17(16)2)25(29(3,27)28)8-4-5-22(26)24-23-13-18-10-19(14-23)12-20(11-18)15-23/h6-7,9,18-20H,4-5,8,10-15H2,1-3H3,(H,24,26). The van der Waals surface area contributed by atoms with Gasteiger partial charge in [-0.05, 0) is 99.8 Å². The van der Waals surface area contributed by atoms with Gasteiger partial charge in [0.15, 0.2) is 0 Å². The highest BCUT2D eigenvalue weighted by Gasteiger charge is 2.51. The first kappa shape index (κ1) is 20.7. The fraction of sp³-hybridized carbons (Fsp3) is 0.696. The Labute approximate surface area is 175 Å². The molecule has 5 nitrogen and oxygen atoms in total. The van der Waals surface area contributed by atoms with Gasteiger partial charge in [0.1, 0.15) is 0 Å². The zero-order valence-corrected chi connectivity index (χ0v) is 18.7.